The molecule has 0 unspecified atom stereocenters. The van der Waals surface area contributed by atoms with Crippen molar-refractivity contribution in [3.63, 3.8) is 0 Å². The number of aromatic hydroxyl groups is 1. The minimum absolute atomic E-state index is 0.00348. The van der Waals surface area contributed by atoms with E-state index < -0.39 is 120 Å². The number of carbonyl (C=O) groups is 9. The first-order chi connectivity index (χ1) is 36.4. The number of phenols is 1. The molecule has 1 aromatic heterocycles. The van der Waals surface area contributed by atoms with Crippen LogP contribution in [0.3, 0.4) is 0 Å². The molecule has 27 heteroatoms. The van der Waals surface area contributed by atoms with Crippen LogP contribution in [0.5, 0.6) is 5.75 Å². The summed E-state index contributed by atoms with van der Waals surface area (Å²) >= 11 is 3.84. The summed E-state index contributed by atoms with van der Waals surface area (Å²) in [6.07, 6.45) is 2.90. The van der Waals surface area contributed by atoms with E-state index in [1.807, 2.05) is 45.2 Å². The van der Waals surface area contributed by atoms with Crippen molar-refractivity contribution < 1.29 is 58.5 Å². The number of hydrogen-bond acceptors (Lipinski definition) is 13. The number of H-pyrrole nitrogens is 1. The fraction of sp³-hybridized carbons (Fsp3) is 0.500. The maximum Gasteiger partial charge on any atom is 0.326 e. The van der Waals surface area contributed by atoms with E-state index in [9.17, 15) is 58.5 Å². The number of aromatic amines is 1. The van der Waals surface area contributed by atoms with Gasteiger partial charge in [0.05, 0.1) is 25.9 Å². The van der Waals surface area contributed by atoms with Crippen molar-refractivity contribution in [2.75, 3.05) is 13.1 Å². The van der Waals surface area contributed by atoms with Gasteiger partial charge >= 0.3 is 11.9 Å². The zero-order valence-corrected chi connectivity index (χ0v) is 47.4. The summed E-state index contributed by atoms with van der Waals surface area (Å²) in [5, 5.41) is 45.8. The second-order valence-corrected chi connectivity index (χ2v) is 21.4. The van der Waals surface area contributed by atoms with Crippen LogP contribution in [0.1, 0.15) is 83.0 Å². The third-order valence-corrected chi connectivity index (χ3v) is 14.5. The van der Waals surface area contributed by atoms with Gasteiger partial charge in [-0.05, 0) is 106 Å². The average molecular weight is 1300 g/mol. The Hall–Kier alpha value is -6.63. The highest BCUT2D eigenvalue weighted by Gasteiger charge is 2.41. The van der Waals surface area contributed by atoms with E-state index in [-0.39, 0.29) is 63.3 Å². The van der Waals surface area contributed by atoms with Gasteiger partial charge in [-0.15, -0.1) is 0 Å². The predicted octanol–water partition coefficient (Wildman–Crippen LogP) is -0.106. The molecule has 1 aliphatic heterocycles. The molecule has 2 aromatic carbocycles. The van der Waals surface area contributed by atoms with Gasteiger partial charge in [0.15, 0.2) is 5.96 Å². The van der Waals surface area contributed by atoms with E-state index in [1.165, 1.54) is 17.4 Å². The number of amides is 7. The van der Waals surface area contributed by atoms with Crippen molar-refractivity contribution in [3.8, 4) is 5.75 Å². The van der Waals surface area contributed by atoms with Crippen molar-refractivity contribution in [1.82, 2.24) is 46.8 Å². The number of carbonyl (C=O) groups excluding carboxylic acids is 7. The van der Waals surface area contributed by atoms with E-state index in [1.54, 1.807) is 70.2 Å². The predicted molar refractivity (Wildman–Crippen MR) is 298 cm³/mol. The normalized spacial score (nSPS) is 16.3. The number of nitrogens with zero attached hydrogens (tertiary/aromatic N) is 3. The van der Waals surface area contributed by atoms with E-state index >= 15 is 0 Å². The Kier molecular flexibility index (Phi) is 24.8. The summed E-state index contributed by atoms with van der Waals surface area (Å²) in [7, 11) is 0. The SMILES string of the molecule is CC[C@H](C)[C@H](NC(=O)[C@H](Cc1cc(I)c(O)c(I)c1)NC(=O)[C@@H](NC(=O)[C@H](CCCN=C(N)N)NC(=O)[C@@H](N)CC(=O)O)C(C)C)C(=O)N[C@@H](Cc1cnc[nH]1)C(=O)N1CCC[C@H]1C(=O)N[C@@H](Cc1ccccc1)C(=O)O. The number of carboxylic acids is 2. The lowest BCUT2D eigenvalue weighted by atomic mass is 9.96. The average Bonchev–Trinajstić information content (AvgIpc) is 4.09. The lowest BCUT2D eigenvalue weighted by molar-refractivity contribution is -0.145. The molecule has 16 N–H and O–H groups in total. The van der Waals surface area contributed by atoms with Crippen molar-refractivity contribution in [2.24, 2.45) is 34.0 Å². The van der Waals surface area contributed by atoms with Gasteiger partial charge in [-0.3, -0.25) is 43.3 Å². The van der Waals surface area contributed by atoms with Crippen LogP contribution in [-0.2, 0) is 62.4 Å². The van der Waals surface area contributed by atoms with Gasteiger partial charge in [0.25, 0.3) is 0 Å². The molecule has 1 fully saturated rings. The largest absolute Gasteiger partial charge is 0.506 e. The molecule has 1 saturated heterocycles. The molecular formula is C50H69I2N13O12. The van der Waals surface area contributed by atoms with E-state index in [0.29, 0.717) is 36.8 Å². The zero-order chi connectivity index (χ0) is 57.1. The first kappa shape index (κ1) is 62.9. The zero-order valence-electron chi connectivity index (χ0n) is 43.1. The Morgan fingerprint density at radius 3 is 1.96 bits per heavy atom. The third kappa shape index (κ3) is 19.4. The molecule has 77 heavy (non-hydrogen) atoms. The Morgan fingerprint density at radius 1 is 0.779 bits per heavy atom. The highest BCUT2D eigenvalue weighted by Crippen LogP contribution is 2.28. The number of rotatable bonds is 29. The number of carboxylic acid groups (broad SMARTS) is 2. The number of aromatic nitrogens is 2. The van der Waals surface area contributed by atoms with E-state index in [2.05, 4.69) is 46.9 Å². The number of nitrogens with two attached hydrogens (primary N) is 3. The van der Waals surface area contributed by atoms with Gasteiger partial charge in [0.2, 0.25) is 41.4 Å². The molecule has 0 bridgehead atoms. The smallest absolute Gasteiger partial charge is 0.326 e. The summed E-state index contributed by atoms with van der Waals surface area (Å²) in [5.74, 6) is -9.60. The molecule has 0 aliphatic carbocycles. The number of aliphatic carboxylic acids is 2. The fourth-order valence-electron chi connectivity index (χ4n) is 8.42. The highest BCUT2D eigenvalue weighted by molar-refractivity contribution is 14.1. The molecule has 0 spiro atoms. The summed E-state index contributed by atoms with van der Waals surface area (Å²) in [4.78, 5) is 135. The molecular weight excluding hydrogens is 1230 g/mol. The number of likely N-dealkylation sites (tertiary alicyclic amines) is 1. The maximum absolute atomic E-state index is 14.7. The molecule has 1 aliphatic rings. The number of benzene rings is 2. The van der Waals surface area contributed by atoms with Crippen molar-refractivity contribution in [1.29, 1.82) is 0 Å². The summed E-state index contributed by atoms with van der Waals surface area (Å²) < 4.78 is 0.879. The molecule has 25 nitrogen and oxygen atoms in total. The number of phenolic OH excluding ortho intramolecular Hbond substituents is 1. The quantitative estimate of drug-likeness (QED) is 0.0187. The van der Waals surface area contributed by atoms with Crippen LogP contribution in [0.4, 0.5) is 0 Å². The summed E-state index contributed by atoms with van der Waals surface area (Å²) in [5.41, 5.74) is 18.3. The van der Waals surface area contributed by atoms with Crippen molar-refractivity contribution >= 4 is 104 Å². The summed E-state index contributed by atoms with van der Waals surface area (Å²) in [6.45, 7) is 6.92. The Morgan fingerprint density at radius 2 is 1.38 bits per heavy atom. The van der Waals surface area contributed by atoms with E-state index in [4.69, 9.17) is 17.2 Å². The first-order valence-corrected chi connectivity index (χ1v) is 27.1. The van der Waals surface area contributed by atoms with Gasteiger partial charge in [-0.25, -0.2) is 9.78 Å². The van der Waals surface area contributed by atoms with Crippen molar-refractivity contribution in [3.05, 3.63) is 78.9 Å². The van der Waals surface area contributed by atoms with Crippen LogP contribution in [0.15, 0.2) is 60.0 Å². The summed E-state index contributed by atoms with van der Waals surface area (Å²) in [6, 6.07) is 1.32. The third-order valence-electron chi connectivity index (χ3n) is 12.8. The van der Waals surface area contributed by atoms with Gasteiger partial charge in [0, 0.05) is 44.2 Å². The molecule has 7 amide bonds. The minimum atomic E-state index is -1.51. The van der Waals surface area contributed by atoms with Crippen LogP contribution in [-0.4, -0.2) is 151 Å². The number of imidazole rings is 1. The Labute approximate surface area is 472 Å². The highest BCUT2D eigenvalue weighted by atomic mass is 127. The van der Waals surface area contributed by atoms with Crippen molar-refractivity contribution in [2.45, 2.75) is 134 Å². The lowest BCUT2D eigenvalue weighted by Crippen LogP contribution is -2.62. The van der Waals surface area contributed by atoms with E-state index in [0.717, 1.165) is 0 Å². The maximum atomic E-state index is 14.7. The monoisotopic (exact) mass is 1300 g/mol. The lowest BCUT2D eigenvalue weighted by Gasteiger charge is -2.32. The topological polar surface area (TPSA) is 409 Å². The van der Waals surface area contributed by atoms with Gasteiger partial charge < -0.3 is 74.3 Å². The van der Waals surface area contributed by atoms with Crippen LogP contribution >= 0.6 is 45.2 Å². The standard InChI is InChI=1S/C50H69I2N13O12/c1-5-26(4)40(47(74)61-35(21-29-23-56-24-58-29)48(75)65-16-10-14-37(65)45(72)62-36(49(76)77)19-27-11-7-6-8-12-27)64-44(71)34(20-28-17-30(51)41(68)31(52)18-28)60-46(73)39(25(2)3)63-43(70)33(13-9-15-57-50(54)55)59-42(69)32(53)22-38(66)67/h6-8,11-12,17-18,23-26,32-37,39-40,68H,5,9-10,13-16,19-22,53H2,1-4H3,(H,56,58)(H,59,69)(H,60,73)(H,61,74)(H,62,72)(H,63,70)(H,64,71)(H,66,67)(H,76,77)(H4,54,55,57)/t26-,32-,33-,34-,35-,36-,37-,39-,40-/m0/s1. The number of hydrogen-bond donors (Lipinski definition) is 13. The number of aliphatic imine (C=N–C) groups is 1. The van der Waals surface area contributed by atoms with Crippen LogP contribution in [0.25, 0.3) is 0 Å². The molecule has 0 saturated carbocycles. The molecule has 2 heterocycles. The van der Waals surface area contributed by atoms with Crippen LogP contribution < -0.4 is 49.1 Å². The Balaban J connectivity index is 1.63. The molecule has 4 rings (SSSR count). The van der Waals surface area contributed by atoms with Gasteiger partial charge in [-0.2, -0.15) is 0 Å². The van der Waals surface area contributed by atoms with Gasteiger partial charge in [0.1, 0.15) is 48.0 Å². The molecule has 0 radical (unpaired) electrons. The second kappa shape index (κ2) is 30.3. The van der Waals surface area contributed by atoms with Crippen LogP contribution in [0.2, 0.25) is 0 Å². The first-order valence-electron chi connectivity index (χ1n) is 25.0. The number of halogens is 2. The molecule has 3 aromatic rings. The molecule has 9 atom stereocenters. The second-order valence-electron chi connectivity index (χ2n) is 19.1. The van der Waals surface area contributed by atoms with Gasteiger partial charge in [-0.1, -0.05) is 64.4 Å². The fourth-order valence-corrected chi connectivity index (χ4v) is 10.3. The molecule has 420 valence electrons. The van der Waals surface area contributed by atoms with Crippen LogP contribution in [0, 0.1) is 19.0 Å². The number of guanidine groups is 1. The number of nitrogens with one attached hydrogen (secondary N) is 7. The Bertz CT molecular complexity index is 2560. The minimum Gasteiger partial charge on any atom is -0.506 e.